The third-order valence-electron chi connectivity index (χ3n) is 8.86. The lowest BCUT2D eigenvalue weighted by Gasteiger charge is -2.31. The van der Waals surface area contributed by atoms with Gasteiger partial charge in [0.05, 0.1) is 38.0 Å². The van der Waals surface area contributed by atoms with Gasteiger partial charge in [-0.05, 0) is 64.5 Å². The van der Waals surface area contributed by atoms with E-state index in [0.29, 0.717) is 21.4 Å². The molecule has 13 heteroatoms. The molecule has 1 aliphatic rings. The maximum absolute atomic E-state index is 12.2. The standard InChI is InChI=1S/C16H18N2O2.C12H11NO3S.C12H11NO2S/c1-11(19)14-15(18-9-5-2-6-10-18)12-7-3-4-8-13(12)17-16(14)20;1-7(14)10-11(17(2)16)8-5-3-4-6-9(8)13-12(10)15;1-7(14)10-11(16-2)8-5-3-4-6-9(8)13-12(10)15/h3-4,7-8H,2,5-6,9-10H2,1H3,(H,17,20);3-6H,1-2H3,(H,13,15);3-6H,1-2H3,(H,13,15). The number of anilines is 1. The molecular formula is C40H40N4O7S2. The van der Waals surface area contributed by atoms with E-state index in [1.54, 1.807) is 24.3 Å². The Morgan fingerprint density at radius 3 is 1.51 bits per heavy atom. The summed E-state index contributed by atoms with van der Waals surface area (Å²) in [7, 11) is -1.39. The Balaban J connectivity index is 0.000000154. The van der Waals surface area contributed by atoms with Crippen molar-refractivity contribution in [2.24, 2.45) is 0 Å². The number of H-pyrrole nitrogens is 3. The number of carbonyl (C=O) groups excluding carboxylic acids is 3. The van der Waals surface area contributed by atoms with Gasteiger partial charge in [-0.2, -0.15) is 0 Å². The highest BCUT2D eigenvalue weighted by Gasteiger charge is 2.23. The van der Waals surface area contributed by atoms with E-state index in [-0.39, 0.29) is 39.6 Å². The number of thioether (sulfide) groups is 1. The Morgan fingerprint density at radius 2 is 1.02 bits per heavy atom. The highest BCUT2D eigenvalue weighted by molar-refractivity contribution is 7.99. The van der Waals surface area contributed by atoms with Crippen LogP contribution in [0, 0.1) is 0 Å². The third-order valence-corrected chi connectivity index (χ3v) is 10.7. The summed E-state index contributed by atoms with van der Waals surface area (Å²) >= 11 is 1.43. The molecule has 0 amide bonds. The smallest absolute Gasteiger partial charge is 0.261 e. The molecule has 1 aliphatic heterocycles. The molecule has 7 rings (SSSR count). The van der Waals surface area contributed by atoms with Crippen LogP contribution in [0.4, 0.5) is 5.69 Å². The van der Waals surface area contributed by atoms with E-state index in [4.69, 9.17) is 0 Å². The maximum atomic E-state index is 12.2. The van der Waals surface area contributed by atoms with E-state index in [9.17, 15) is 33.0 Å². The number of aromatic amines is 3. The van der Waals surface area contributed by atoms with E-state index in [0.717, 1.165) is 58.3 Å². The number of piperidine rings is 1. The largest absolute Gasteiger partial charge is 0.370 e. The molecule has 1 fully saturated rings. The highest BCUT2D eigenvalue weighted by atomic mass is 32.2. The van der Waals surface area contributed by atoms with Crippen molar-refractivity contribution < 1.29 is 18.6 Å². The predicted octanol–water partition coefficient (Wildman–Crippen LogP) is 6.64. The second-order valence-corrected chi connectivity index (χ2v) is 14.6. The minimum atomic E-state index is -1.39. The molecule has 4 heterocycles. The van der Waals surface area contributed by atoms with Crippen LogP contribution in [0.1, 0.15) is 71.1 Å². The molecule has 0 spiro atoms. The number of pyridine rings is 3. The number of nitrogens with zero attached hydrogens (tertiary/aromatic N) is 1. The Labute approximate surface area is 311 Å². The number of benzene rings is 3. The van der Waals surface area contributed by atoms with Crippen LogP contribution in [-0.2, 0) is 10.8 Å². The summed E-state index contributed by atoms with van der Waals surface area (Å²) in [6.07, 6.45) is 6.77. The van der Waals surface area contributed by atoms with Crippen LogP contribution in [0.3, 0.4) is 0 Å². The number of nitrogens with one attached hydrogen (secondary N) is 3. The summed E-state index contributed by atoms with van der Waals surface area (Å²) in [6.45, 7) is 6.00. The number of aromatic nitrogens is 3. The molecule has 1 saturated heterocycles. The summed E-state index contributed by atoms with van der Waals surface area (Å²) < 4.78 is 11.7. The van der Waals surface area contributed by atoms with Gasteiger partial charge in [-0.1, -0.05) is 54.6 Å². The van der Waals surface area contributed by atoms with Crippen LogP contribution in [0.25, 0.3) is 32.7 Å². The lowest BCUT2D eigenvalue weighted by atomic mass is 10.0. The van der Waals surface area contributed by atoms with Crippen molar-refractivity contribution in [1.82, 2.24) is 15.0 Å². The molecule has 274 valence electrons. The number of carbonyl (C=O) groups is 3. The van der Waals surface area contributed by atoms with Crippen LogP contribution < -0.4 is 21.6 Å². The molecule has 1 unspecified atom stereocenters. The molecule has 6 aromatic rings. The number of ketones is 3. The number of hydrogen-bond acceptors (Lipinski definition) is 9. The van der Waals surface area contributed by atoms with Crippen LogP contribution in [-0.4, -0.2) is 62.1 Å². The van der Waals surface area contributed by atoms with Gasteiger partial charge in [0, 0.05) is 51.4 Å². The van der Waals surface area contributed by atoms with Crippen LogP contribution in [0.5, 0.6) is 0 Å². The zero-order chi connectivity index (χ0) is 38.4. The normalized spacial score (nSPS) is 13.1. The van der Waals surface area contributed by atoms with Crippen molar-refractivity contribution in [3.8, 4) is 0 Å². The molecule has 0 radical (unpaired) electrons. The average Bonchev–Trinajstić information content (AvgIpc) is 3.13. The lowest BCUT2D eigenvalue weighted by Crippen LogP contribution is -2.33. The zero-order valence-electron chi connectivity index (χ0n) is 30.1. The number of Topliss-reactive ketones (excluding diaryl/α,β-unsaturated/α-hetero) is 3. The third kappa shape index (κ3) is 8.31. The van der Waals surface area contributed by atoms with Crippen molar-refractivity contribution >= 4 is 78.3 Å². The first-order valence-corrected chi connectivity index (χ1v) is 19.7. The number of para-hydroxylation sites is 3. The van der Waals surface area contributed by atoms with Gasteiger partial charge in [0.25, 0.3) is 16.7 Å². The van der Waals surface area contributed by atoms with Crippen molar-refractivity contribution in [2.75, 3.05) is 30.5 Å². The summed E-state index contributed by atoms with van der Waals surface area (Å²) in [5.41, 5.74) is 2.43. The Morgan fingerprint density at radius 1 is 0.604 bits per heavy atom. The first-order valence-electron chi connectivity index (χ1n) is 17.0. The van der Waals surface area contributed by atoms with E-state index < -0.39 is 16.4 Å². The quantitative estimate of drug-likeness (QED) is 0.125. The molecule has 3 aromatic heterocycles. The number of fused-ring (bicyclic) bond motifs is 3. The van der Waals surface area contributed by atoms with E-state index in [1.807, 2.05) is 54.8 Å². The number of hydrogen-bond donors (Lipinski definition) is 3. The topological polar surface area (TPSA) is 170 Å². The van der Waals surface area contributed by atoms with Gasteiger partial charge in [-0.15, -0.1) is 11.8 Å². The highest BCUT2D eigenvalue weighted by Crippen LogP contribution is 2.30. The second-order valence-electron chi connectivity index (χ2n) is 12.5. The molecule has 53 heavy (non-hydrogen) atoms. The van der Waals surface area contributed by atoms with Crippen LogP contribution in [0.2, 0.25) is 0 Å². The first-order chi connectivity index (χ1) is 25.3. The molecule has 1 atom stereocenters. The molecule has 0 saturated carbocycles. The fourth-order valence-electron chi connectivity index (χ4n) is 6.57. The van der Waals surface area contributed by atoms with Gasteiger partial charge >= 0.3 is 0 Å². The summed E-state index contributed by atoms with van der Waals surface area (Å²) in [5.74, 6) is -0.740. The van der Waals surface area contributed by atoms with Crippen LogP contribution in [0.15, 0.2) is 97.0 Å². The van der Waals surface area contributed by atoms with E-state index >= 15 is 0 Å². The number of rotatable bonds is 6. The minimum Gasteiger partial charge on any atom is -0.370 e. The Kier molecular flexibility index (Phi) is 12.4. The van der Waals surface area contributed by atoms with Crippen LogP contribution >= 0.6 is 11.8 Å². The van der Waals surface area contributed by atoms with Gasteiger partial charge in [-0.3, -0.25) is 33.0 Å². The maximum Gasteiger partial charge on any atom is 0.261 e. The minimum absolute atomic E-state index is 0.00969. The SMILES string of the molecule is CC(=O)c1c(N2CCCCC2)c2ccccc2[nH]c1=O.CC(=O)c1c(S(C)=O)c2ccccc2[nH]c1=O.CSc1c(C(C)=O)c(=O)[nH]c2ccccc12. The summed E-state index contributed by atoms with van der Waals surface area (Å²) in [5, 5.41) is 2.53. The first kappa shape index (κ1) is 38.8. The van der Waals surface area contributed by atoms with E-state index in [2.05, 4.69) is 19.9 Å². The van der Waals surface area contributed by atoms with Crippen molar-refractivity contribution in [2.45, 2.75) is 49.8 Å². The van der Waals surface area contributed by atoms with Gasteiger partial charge in [0.2, 0.25) is 0 Å². The molecule has 3 aromatic carbocycles. The Bertz CT molecular complexity index is 2580. The molecule has 3 N–H and O–H groups in total. The zero-order valence-corrected chi connectivity index (χ0v) is 31.7. The molecular weight excluding hydrogens is 713 g/mol. The van der Waals surface area contributed by atoms with Crippen molar-refractivity contribution in [3.05, 3.63) is 121 Å². The monoisotopic (exact) mass is 752 g/mol. The summed E-state index contributed by atoms with van der Waals surface area (Å²) in [6, 6.07) is 22.2. The van der Waals surface area contributed by atoms with Crippen molar-refractivity contribution in [1.29, 1.82) is 0 Å². The van der Waals surface area contributed by atoms with Gasteiger partial charge < -0.3 is 19.9 Å². The Hall–Kier alpha value is -5.40. The van der Waals surface area contributed by atoms with E-state index in [1.165, 1.54) is 45.2 Å². The lowest BCUT2D eigenvalue weighted by molar-refractivity contribution is 0.100. The average molecular weight is 753 g/mol. The fourth-order valence-corrected chi connectivity index (χ4v) is 8.42. The molecule has 11 nitrogen and oxygen atoms in total. The molecule has 0 bridgehead atoms. The van der Waals surface area contributed by atoms with Gasteiger partial charge in [0.1, 0.15) is 5.56 Å². The van der Waals surface area contributed by atoms with Gasteiger partial charge in [0.15, 0.2) is 17.3 Å². The predicted molar refractivity (Wildman–Crippen MR) is 214 cm³/mol. The second kappa shape index (κ2) is 17.0. The van der Waals surface area contributed by atoms with Crippen molar-refractivity contribution in [3.63, 3.8) is 0 Å². The molecule has 0 aliphatic carbocycles. The summed E-state index contributed by atoms with van der Waals surface area (Å²) in [4.78, 5) is 82.1. The van der Waals surface area contributed by atoms with Gasteiger partial charge in [-0.25, -0.2) is 0 Å². The fraction of sp³-hybridized carbons (Fsp3) is 0.250.